The highest BCUT2D eigenvalue weighted by Gasteiger charge is 2.09. The number of nitrogens with one attached hydrogen (secondary N) is 2. The SMILES string of the molecule is I.O=[N+]([O-])c1ccc(CNC(=NCc2ccc(Cl)cc2)NCCCN2CCOCC2)cc1. The molecule has 0 saturated carbocycles. The number of hydrogen-bond donors (Lipinski definition) is 2. The maximum atomic E-state index is 10.8. The Bertz CT molecular complexity index is 859. The Kier molecular flexibility index (Phi) is 11.7. The highest BCUT2D eigenvalue weighted by atomic mass is 127. The van der Waals surface area contributed by atoms with E-state index in [1.165, 1.54) is 12.1 Å². The minimum Gasteiger partial charge on any atom is -0.379 e. The minimum absolute atomic E-state index is 0. The van der Waals surface area contributed by atoms with E-state index in [0.29, 0.717) is 24.1 Å². The number of rotatable bonds is 9. The lowest BCUT2D eigenvalue weighted by atomic mass is 10.2. The first-order valence-corrected chi connectivity index (χ1v) is 10.8. The molecule has 0 aliphatic carbocycles. The number of ether oxygens (including phenoxy) is 1. The molecule has 0 aromatic heterocycles. The van der Waals surface area contributed by atoms with Gasteiger partial charge in [0, 0.05) is 43.3 Å². The van der Waals surface area contributed by atoms with Gasteiger partial charge in [-0.05, 0) is 36.2 Å². The second-order valence-electron chi connectivity index (χ2n) is 7.30. The molecule has 3 rings (SSSR count). The van der Waals surface area contributed by atoms with E-state index in [4.69, 9.17) is 16.3 Å². The highest BCUT2D eigenvalue weighted by molar-refractivity contribution is 14.0. The third-order valence-corrected chi connectivity index (χ3v) is 5.24. The van der Waals surface area contributed by atoms with E-state index in [1.807, 2.05) is 24.3 Å². The van der Waals surface area contributed by atoms with Gasteiger partial charge in [-0.15, -0.1) is 24.0 Å². The van der Waals surface area contributed by atoms with Crippen molar-refractivity contribution in [1.29, 1.82) is 0 Å². The van der Waals surface area contributed by atoms with Crippen molar-refractivity contribution in [3.05, 3.63) is 74.8 Å². The molecule has 8 nitrogen and oxygen atoms in total. The van der Waals surface area contributed by atoms with E-state index in [0.717, 1.165) is 56.9 Å². The van der Waals surface area contributed by atoms with Crippen LogP contribution in [0.15, 0.2) is 53.5 Å². The molecule has 10 heteroatoms. The van der Waals surface area contributed by atoms with Crippen molar-refractivity contribution in [1.82, 2.24) is 15.5 Å². The van der Waals surface area contributed by atoms with E-state index in [9.17, 15) is 10.1 Å². The van der Waals surface area contributed by atoms with Crippen molar-refractivity contribution in [2.45, 2.75) is 19.5 Å². The van der Waals surface area contributed by atoms with Gasteiger partial charge in [-0.25, -0.2) is 4.99 Å². The van der Waals surface area contributed by atoms with Gasteiger partial charge in [0.1, 0.15) is 0 Å². The third-order valence-electron chi connectivity index (χ3n) is 4.99. The summed E-state index contributed by atoms with van der Waals surface area (Å²) < 4.78 is 5.39. The Morgan fingerprint density at radius 3 is 2.38 bits per heavy atom. The number of aliphatic imine (C=N–C) groups is 1. The smallest absolute Gasteiger partial charge is 0.269 e. The van der Waals surface area contributed by atoms with Crippen LogP contribution in [0.4, 0.5) is 5.69 Å². The van der Waals surface area contributed by atoms with Gasteiger partial charge in [0.15, 0.2) is 5.96 Å². The lowest BCUT2D eigenvalue weighted by Gasteiger charge is -2.26. The summed E-state index contributed by atoms with van der Waals surface area (Å²) in [6.07, 6.45) is 0.999. The Balaban J connectivity index is 0.00000363. The highest BCUT2D eigenvalue weighted by Crippen LogP contribution is 2.12. The number of nitro groups is 1. The first kappa shape index (κ1) is 26.3. The summed E-state index contributed by atoms with van der Waals surface area (Å²) >= 11 is 5.96. The number of hydrogen-bond acceptors (Lipinski definition) is 5. The van der Waals surface area contributed by atoms with Crippen molar-refractivity contribution in [2.75, 3.05) is 39.4 Å². The van der Waals surface area contributed by atoms with Crippen LogP contribution in [0.1, 0.15) is 17.5 Å². The lowest BCUT2D eigenvalue weighted by molar-refractivity contribution is -0.384. The quantitative estimate of drug-likeness (QED) is 0.118. The Labute approximate surface area is 210 Å². The zero-order valence-corrected chi connectivity index (χ0v) is 20.9. The molecule has 0 unspecified atom stereocenters. The molecule has 0 bridgehead atoms. The fourth-order valence-electron chi connectivity index (χ4n) is 3.19. The van der Waals surface area contributed by atoms with Gasteiger partial charge in [-0.2, -0.15) is 0 Å². The molecule has 174 valence electrons. The fourth-order valence-corrected chi connectivity index (χ4v) is 3.32. The zero-order valence-electron chi connectivity index (χ0n) is 17.8. The zero-order chi connectivity index (χ0) is 21.9. The summed E-state index contributed by atoms with van der Waals surface area (Å²) in [6, 6.07) is 14.1. The monoisotopic (exact) mass is 573 g/mol. The van der Waals surface area contributed by atoms with Crippen molar-refractivity contribution in [3.8, 4) is 0 Å². The third kappa shape index (κ3) is 9.27. The van der Waals surface area contributed by atoms with E-state index >= 15 is 0 Å². The van der Waals surface area contributed by atoms with Crippen LogP contribution in [-0.4, -0.2) is 55.2 Å². The van der Waals surface area contributed by atoms with E-state index < -0.39 is 4.92 Å². The first-order chi connectivity index (χ1) is 15.1. The van der Waals surface area contributed by atoms with Crippen LogP contribution in [0.3, 0.4) is 0 Å². The predicted octanol–water partition coefficient (Wildman–Crippen LogP) is 3.82. The second-order valence-corrected chi connectivity index (χ2v) is 7.74. The van der Waals surface area contributed by atoms with Gasteiger partial charge in [0.05, 0.1) is 24.7 Å². The van der Waals surface area contributed by atoms with E-state index in [1.54, 1.807) is 12.1 Å². The molecule has 0 spiro atoms. The number of halogens is 2. The summed E-state index contributed by atoms with van der Waals surface area (Å²) in [5.74, 6) is 0.704. The number of guanidine groups is 1. The summed E-state index contributed by atoms with van der Waals surface area (Å²) in [5.41, 5.74) is 2.09. The van der Waals surface area contributed by atoms with Gasteiger partial charge in [-0.1, -0.05) is 35.9 Å². The molecule has 1 aliphatic heterocycles. The molecule has 2 N–H and O–H groups in total. The first-order valence-electron chi connectivity index (χ1n) is 10.4. The predicted molar refractivity (Wildman–Crippen MR) is 138 cm³/mol. The van der Waals surface area contributed by atoms with Crippen LogP contribution in [0.2, 0.25) is 5.02 Å². The van der Waals surface area contributed by atoms with Gasteiger partial charge >= 0.3 is 0 Å². The molecule has 0 amide bonds. The average Bonchev–Trinajstić information content (AvgIpc) is 2.80. The largest absolute Gasteiger partial charge is 0.379 e. The van der Waals surface area contributed by atoms with Crippen LogP contribution >= 0.6 is 35.6 Å². The van der Waals surface area contributed by atoms with Crippen molar-refractivity contribution >= 4 is 47.2 Å². The Morgan fingerprint density at radius 1 is 1.06 bits per heavy atom. The summed E-state index contributed by atoms with van der Waals surface area (Å²) in [5, 5.41) is 18.2. The van der Waals surface area contributed by atoms with Crippen LogP contribution < -0.4 is 10.6 Å². The maximum absolute atomic E-state index is 10.8. The van der Waals surface area contributed by atoms with E-state index in [-0.39, 0.29) is 29.7 Å². The number of nitrogens with zero attached hydrogens (tertiary/aromatic N) is 3. The fraction of sp³-hybridized carbons (Fsp3) is 0.409. The summed E-state index contributed by atoms with van der Waals surface area (Å²) in [7, 11) is 0. The van der Waals surface area contributed by atoms with Gasteiger partial charge in [0.2, 0.25) is 0 Å². The molecule has 1 aliphatic rings. The number of non-ortho nitro benzene ring substituents is 1. The van der Waals surface area contributed by atoms with Crippen LogP contribution in [0.5, 0.6) is 0 Å². The minimum atomic E-state index is -0.397. The van der Waals surface area contributed by atoms with Crippen molar-refractivity contribution in [2.24, 2.45) is 4.99 Å². The molecular formula is C22H29ClIN5O3. The molecule has 1 saturated heterocycles. The van der Waals surface area contributed by atoms with Crippen LogP contribution in [0.25, 0.3) is 0 Å². The lowest BCUT2D eigenvalue weighted by Crippen LogP contribution is -2.40. The number of morpholine rings is 1. The van der Waals surface area contributed by atoms with Gasteiger partial charge in [0.25, 0.3) is 5.69 Å². The molecule has 0 atom stereocenters. The molecule has 1 heterocycles. The average molecular weight is 574 g/mol. The van der Waals surface area contributed by atoms with Crippen molar-refractivity contribution in [3.63, 3.8) is 0 Å². The number of benzene rings is 2. The molecule has 2 aromatic rings. The topological polar surface area (TPSA) is 92.0 Å². The standard InChI is InChI=1S/C22H28ClN5O3.HI/c23-20-6-2-18(3-7-20)16-25-22(24-10-1-11-27-12-14-31-15-13-27)26-17-19-4-8-21(9-5-19)28(29)30;/h2-9H,1,10-17H2,(H2,24,25,26);1H. The van der Waals surface area contributed by atoms with Crippen LogP contribution in [-0.2, 0) is 17.8 Å². The molecular weight excluding hydrogens is 545 g/mol. The molecule has 2 aromatic carbocycles. The molecule has 0 radical (unpaired) electrons. The van der Waals surface area contributed by atoms with E-state index in [2.05, 4.69) is 20.5 Å². The molecule has 1 fully saturated rings. The Morgan fingerprint density at radius 2 is 1.72 bits per heavy atom. The molecule has 32 heavy (non-hydrogen) atoms. The summed E-state index contributed by atoms with van der Waals surface area (Å²) in [4.78, 5) is 17.5. The Hall–Kier alpha value is -1.95. The normalized spacial score (nSPS) is 14.5. The van der Waals surface area contributed by atoms with Gasteiger partial charge in [-0.3, -0.25) is 15.0 Å². The van der Waals surface area contributed by atoms with Crippen molar-refractivity contribution < 1.29 is 9.66 Å². The maximum Gasteiger partial charge on any atom is 0.269 e. The summed E-state index contributed by atoms with van der Waals surface area (Å²) in [6.45, 7) is 6.43. The number of nitro benzene ring substituents is 1. The van der Waals surface area contributed by atoms with Crippen LogP contribution in [0, 0.1) is 10.1 Å². The van der Waals surface area contributed by atoms with Gasteiger partial charge < -0.3 is 15.4 Å². The second kappa shape index (κ2) is 14.2.